The molecular formula is C7H3N2O6. The molecule has 1 rings (SSSR count). The van der Waals surface area contributed by atoms with Gasteiger partial charge in [-0.25, -0.2) is 0 Å². The molecule has 0 bridgehead atoms. The highest BCUT2D eigenvalue weighted by atomic mass is 16.6. The highest BCUT2D eigenvalue weighted by molar-refractivity contribution is 5.84. The van der Waals surface area contributed by atoms with Crippen LogP contribution in [0.15, 0.2) is 12.1 Å². The summed E-state index contributed by atoms with van der Waals surface area (Å²) in [5, 5.41) is 29.8. The molecule has 1 N–H and O–H groups in total. The van der Waals surface area contributed by atoms with E-state index >= 15 is 0 Å². The van der Waals surface area contributed by atoms with Gasteiger partial charge in [-0.2, -0.15) is 0 Å². The second-order valence-corrected chi connectivity index (χ2v) is 2.48. The molecule has 1 aromatic rings. The predicted molar refractivity (Wildman–Crippen MR) is 46.2 cm³/mol. The van der Waals surface area contributed by atoms with Crippen LogP contribution in [0, 0.1) is 20.2 Å². The lowest BCUT2D eigenvalue weighted by Gasteiger charge is -1.98. The van der Waals surface area contributed by atoms with Gasteiger partial charge in [-0.15, -0.1) is 0 Å². The normalized spacial score (nSPS) is 9.60. The second kappa shape index (κ2) is 3.70. The number of carbonyl (C=O) groups excluding carboxylic acids is 1. The molecule has 0 amide bonds. The number of phenolic OH excluding ortho intramolecular Hbond substituents is 1. The van der Waals surface area contributed by atoms with Crippen LogP contribution in [0.5, 0.6) is 5.75 Å². The van der Waals surface area contributed by atoms with Crippen LogP contribution >= 0.6 is 0 Å². The third-order valence-electron chi connectivity index (χ3n) is 1.59. The van der Waals surface area contributed by atoms with Crippen molar-refractivity contribution in [2.75, 3.05) is 0 Å². The predicted octanol–water partition coefficient (Wildman–Crippen LogP) is 0.666. The van der Waals surface area contributed by atoms with E-state index in [1.165, 1.54) is 6.29 Å². The summed E-state index contributed by atoms with van der Waals surface area (Å²) in [5.41, 5.74) is -2.17. The molecule has 0 aliphatic rings. The molecule has 0 saturated heterocycles. The van der Waals surface area contributed by atoms with Crippen molar-refractivity contribution < 1.29 is 19.7 Å². The Balaban J connectivity index is 3.51. The molecule has 0 fully saturated rings. The molecule has 0 aliphatic heterocycles. The van der Waals surface area contributed by atoms with Crippen molar-refractivity contribution in [1.82, 2.24) is 0 Å². The van der Waals surface area contributed by atoms with E-state index in [4.69, 9.17) is 5.11 Å². The average molecular weight is 211 g/mol. The first-order chi connectivity index (χ1) is 6.97. The van der Waals surface area contributed by atoms with Gasteiger partial charge < -0.3 is 5.11 Å². The Morgan fingerprint density at radius 1 is 1.20 bits per heavy atom. The molecular weight excluding hydrogens is 208 g/mol. The van der Waals surface area contributed by atoms with Crippen molar-refractivity contribution >= 4 is 17.7 Å². The van der Waals surface area contributed by atoms with Gasteiger partial charge in [0, 0.05) is 6.07 Å². The summed E-state index contributed by atoms with van der Waals surface area (Å²) in [4.78, 5) is 29.0. The fourth-order valence-electron chi connectivity index (χ4n) is 0.927. The van der Waals surface area contributed by atoms with Gasteiger partial charge in [-0.3, -0.25) is 25.0 Å². The van der Waals surface area contributed by atoms with Gasteiger partial charge in [0.1, 0.15) is 0 Å². The van der Waals surface area contributed by atoms with Crippen molar-refractivity contribution in [3.8, 4) is 5.75 Å². The number of phenols is 1. The van der Waals surface area contributed by atoms with Crippen LogP contribution in [0.2, 0.25) is 0 Å². The zero-order valence-electron chi connectivity index (χ0n) is 7.04. The second-order valence-electron chi connectivity index (χ2n) is 2.48. The molecule has 0 spiro atoms. The van der Waals surface area contributed by atoms with Gasteiger partial charge in [-0.1, -0.05) is 0 Å². The van der Waals surface area contributed by atoms with Gasteiger partial charge >= 0.3 is 5.69 Å². The lowest BCUT2D eigenvalue weighted by molar-refractivity contribution is -0.394. The van der Waals surface area contributed by atoms with E-state index in [-0.39, 0.29) is 0 Å². The minimum atomic E-state index is -1.02. The lowest BCUT2D eigenvalue weighted by atomic mass is 10.1. The quantitative estimate of drug-likeness (QED) is 0.578. The first-order valence-electron chi connectivity index (χ1n) is 3.51. The van der Waals surface area contributed by atoms with Crippen LogP contribution in [0.1, 0.15) is 5.56 Å². The highest BCUT2D eigenvalue weighted by Gasteiger charge is 2.23. The summed E-state index contributed by atoms with van der Waals surface area (Å²) in [6.45, 7) is 0. The van der Waals surface area contributed by atoms with Gasteiger partial charge in [-0.05, 0) is 0 Å². The monoisotopic (exact) mass is 211 g/mol. The van der Waals surface area contributed by atoms with Crippen molar-refractivity contribution in [2.24, 2.45) is 0 Å². The number of rotatable bonds is 3. The van der Waals surface area contributed by atoms with Crippen molar-refractivity contribution in [3.63, 3.8) is 0 Å². The SMILES string of the molecule is O=[C]c1cc([N+](=O)[O-])cc([N+](=O)[O-])c1O. The number of hydrogen-bond acceptors (Lipinski definition) is 6. The molecule has 8 heteroatoms. The van der Waals surface area contributed by atoms with Crippen LogP contribution in [-0.2, 0) is 4.79 Å². The lowest BCUT2D eigenvalue weighted by Crippen LogP contribution is -1.96. The number of benzene rings is 1. The molecule has 1 radical (unpaired) electrons. The minimum Gasteiger partial charge on any atom is -0.502 e. The Morgan fingerprint density at radius 3 is 2.20 bits per heavy atom. The first kappa shape index (κ1) is 10.6. The van der Waals surface area contributed by atoms with Gasteiger partial charge in [0.15, 0.2) is 0 Å². The maximum atomic E-state index is 10.4. The number of hydrogen-bond donors (Lipinski definition) is 1. The topological polar surface area (TPSA) is 124 Å². The standard InChI is InChI=1S/C7H3N2O6/c10-3-4-1-5(8(12)13)2-6(7(4)11)9(14)15/h1-2,11H. The minimum absolute atomic E-state index is 0.566. The maximum absolute atomic E-state index is 10.4. The van der Waals surface area contributed by atoms with Crippen LogP contribution in [-0.4, -0.2) is 21.2 Å². The molecule has 0 heterocycles. The van der Waals surface area contributed by atoms with E-state index in [0.717, 1.165) is 0 Å². The summed E-state index contributed by atoms with van der Waals surface area (Å²) in [7, 11) is 0. The Bertz CT molecular complexity index is 455. The number of nitro benzene ring substituents is 2. The number of nitrogens with zero attached hydrogens (tertiary/aromatic N) is 2. The van der Waals surface area contributed by atoms with Crippen LogP contribution in [0.25, 0.3) is 0 Å². The van der Waals surface area contributed by atoms with E-state index in [9.17, 15) is 25.0 Å². The van der Waals surface area contributed by atoms with E-state index < -0.39 is 32.5 Å². The third kappa shape index (κ3) is 1.88. The molecule has 0 aliphatic carbocycles. The van der Waals surface area contributed by atoms with E-state index in [1.807, 2.05) is 0 Å². The third-order valence-corrected chi connectivity index (χ3v) is 1.59. The summed E-state index contributed by atoms with van der Waals surface area (Å²) in [6, 6.07) is 1.27. The molecule has 8 nitrogen and oxygen atoms in total. The Labute approximate surface area is 82.1 Å². The largest absolute Gasteiger partial charge is 0.502 e. The zero-order chi connectivity index (χ0) is 11.6. The van der Waals surface area contributed by atoms with Gasteiger partial charge in [0.05, 0.1) is 21.5 Å². The highest BCUT2D eigenvalue weighted by Crippen LogP contribution is 2.32. The first-order valence-corrected chi connectivity index (χ1v) is 3.51. The van der Waals surface area contributed by atoms with E-state index in [0.29, 0.717) is 12.1 Å². The maximum Gasteiger partial charge on any atom is 0.318 e. The Kier molecular flexibility index (Phi) is 2.61. The van der Waals surface area contributed by atoms with Gasteiger partial charge in [0.25, 0.3) is 5.69 Å². The van der Waals surface area contributed by atoms with Gasteiger partial charge in [0.2, 0.25) is 12.0 Å². The molecule has 1 aromatic carbocycles. The molecule has 0 atom stereocenters. The molecule has 0 saturated carbocycles. The number of nitro groups is 2. The summed E-state index contributed by atoms with van der Waals surface area (Å²) < 4.78 is 0. The van der Waals surface area contributed by atoms with E-state index in [2.05, 4.69) is 0 Å². The van der Waals surface area contributed by atoms with Crippen LogP contribution < -0.4 is 0 Å². The number of aromatic hydroxyl groups is 1. The summed E-state index contributed by atoms with van der Waals surface area (Å²) in [6.07, 6.45) is 1.18. The van der Waals surface area contributed by atoms with Crippen molar-refractivity contribution in [1.29, 1.82) is 0 Å². The fourth-order valence-corrected chi connectivity index (χ4v) is 0.927. The molecule has 15 heavy (non-hydrogen) atoms. The summed E-state index contributed by atoms with van der Waals surface area (Å²) >= 11 is 0. The van der Waals surface area contributed by atoms with E-state index in [1.54, 1.807) is 0 Å². The summed E-state index contributed by atoms with van der Waals surface area (Å²) in [5.74, 6) is -0.930. The Hall–Kier alpha value is -2.51. The van der Waals surface area contributed by atoms with Crippen LogP contribution in [0.3, 0.4) is 0 Å². The fraction of sp³-hybridized carbons (Fsp3) is 0. The smallest absolute Gasteiger partial charge is 0.318 e. The zero-order valence-corrected chi connectivity index (χ0v) is 7.04. The van der Waals surface area contributed by atoms with Crippen molar-refractivity contribution in [3.05, 3.63) is 37.9 Å². The average Bonchev–Trinajstić information content (AvgIpc) is 2.17. The number of non-ortho nitro benzene ring substituents is 1. The van der Waals surface area contributed by atoms with Crippen molar-refractivity contribution in [2.45, 2.75) is 0 Å². The molecule has 0 aromatic heterocycles. The molecule has 77 valence electrons. The van der Waals surface area contributed by atoms with Crippen LogP contribution in [0.4, 0.5) is 11.4 Å². The molecule has 0 unspecified atom stereocenters. The Morgan fingerprint density at radius 2 is 1.80 bits per heavy atom.